The Kier molecular flexibility index (Phi) is 2.48. The molecule has 3 heterocycles. The van der Waals surface area contributed by atoms with Gasteiger partial charge in [0.2, 0.25) is 0 Å². The lowest BCUT2D eigenvalue weighted by Crippen LogP contribution is -2.23. The Morgan fingerprint density at radius 2 is 2.35 bits per heavy atom. The minimum absolute atomic E-state index is 0.267. The highest BCUT2D eigenvalue weighted by molar-refractivity contribution is 5.53. The highest BCUT2D eigenvalue weighted by Crippen LogP contribution is 2.24. The Morgan fingerprint density at radius 1 is 1.47 bits per heavy atom. The zero-order chi connectivity index (χ0) is 11.8. The SMILES string of the molecule is Cc1cc(N2CCC(CO)C2)n2ncnc2c1. The van der Waals surface area contributed by atoms with Crippen LogP contribution in [0.1, 0.15) is 12.0 Å². The van der Waals surface area contributed by atoms with Crippen LogP contribution in [0, 0.1) is 12.8 Å². The summed E-state index contributed by atoms with van der Waals surface area (Å²) < 4.78 is 1.87. The number of rotatable bonds is 2. The van der Waals surface area contributed by atoms with Gasteiger partial charge in [0, 0.05) is 25.6 Å². The summed E-state index contributed by atoms with van der Waals surface area (Å²) in [7, 11) is 0. The maximum absolute atomic E-state index is 9.20. The minimum Gasteiger partial charge on any atom is -0.396 e. The van der Waals surface area contributed by atoms with E-state index in [1.807, 2.05) is 10.6 Å². The summed E-state index contributed by atoms with van der Waals surface area (Å²) in [5.74, 6) is 1.46. The molecule has 0 bridgehead atoms. The molecule has 0 aromatic carbocycles. The molecule has 5 nitrogen and oxygen atoms in total. The third-order valence-electron chi connectivity index (χ3n) is 3.37. The standard InChI is InChI=1S/C12H16N4O/c1-9-4-11-13-8-14-16(11)12(5-9)15-3-2-10(6-15)7-17/h4-5,8,10,17H,2-3,6-7H2,1H3. The Bertz CT molecular complexity index is 536. The molecule has 1 saturated heterocycles. The fourth-order valence-electron chi connectivity index (χ4n) is 2.45. The largest absolute Gasteiger partial charge is 0.396 e. The Morgan fingerprint density at radius 3 is 3.12 bits per heavy atom. The van der Waals surface area contributed by atoms with Crippen molar-refractivity contribution in [3.63, 3.8) is 0 Å². The highest BCUT2D eigenvalue weighted by Gasteiger charge is 2.23. The monoisotopic (exact) mass is 232 g/mol. The summed E-state index contributed by atoms with van der Waals surface area (Å²) in [5, 5.41) is 13.5. The molecule has 90 valence electrons. The first kappa shape index (κ1) is 10.5. The summed E-state index contributed by atoms with van der Waals surface area (Å²) in [6, 6.07) is 4.15. The van der Waals surface area contributed by atoms with Crippen molar-refractivity contribution in [2.75, 3.05) is 24.6 Å². The first-order valence-electron chi connectivity index (χ1n) is 5.94. The van der Waals surface area contributed by atoms with Gasteiger partial charge in [0.15, 0.2) is 5.65 Å². The molecule has 5 heteroatoms. The summed E-state index contributed by atoms with van der Waals surface area (Å²) >= 11 is 0. The molecule has 1 fully saturated rings. The topological polar surface area (TPSA) is 53.7 Å². The van der Waals surface area contributed by atoms with Gasteiger partial charge in [-0.3, -0.25) is 0 Å². The van der Waals surface area contributed by atoms with Crippen LogP contribution in [-0.2, 0) is 0 Å². The Labute approximate surface area is 99.7 Å². The molecule has 1 atom stereocenters. The second kappa shape index (κ2) is 4.00. The lowest BCUT2D eigenvalue weighted by Gasteiger charge is -2.19. The van der Waals surface area contributed by atoms with E-state index in [2.05, 4.69) is 28.0 Å². The second-order valence-corrected chi connectivity index (χ2v) is 4.70. The molecule has 1 aliphatic heterocycles. The third kappa shape index (κ3) is 1.76. The van der Waals surface area contributed by atoms with Gasteiger partial charge in [-0.25, -0.2) is 4.98 Å². The molecule has 2 aromatic rings. The van der Waals surface area contributed by atoms with Gasteiger partial charge in [-0.1, -0.05) is 0 Å². The van der Waals surface area contributed by atoms with E-state index in [-0.39, 0.29) is 6.61 Å². The van der Waals surface area contributed by atoms with E-state index < -0.39 is 0 Å². The van der Waals surface area contributed by atoms with Gasteiger partial charge in [0.25, 0.3) is 0 Å². The Hall–Kier alpha value is -1.62. The van der Waals surface area contributed by atoms with Gasteiger partial charge in [-0.05, 0) is 31.0 Å². The fraction of sp³-hybridized carbons (Fsp3) is 0.500. The lowest BCUT2D eigenvalue weighted by molar-refractivity contribution is 0.238. The summed E-state index contributed by atoms with van der Waals surface area (Å²) in [4.78, 5) is 6.50. The summed E-state index contributed by atoms with van der Waals surface area (Å²) in [5.41, 5.74) is 2.07. The number of fused-ring (bicyclic) bond motifs is 1. The van der Waals surface area contributed by atoms with E-state index >= 15 is 0 Å². The van der Waals surface area contributed by atoms with Gasteiger partial charge >= 0.3 is 0 Å². The van der Waals surface area contributed by atoms with Gasteiger partial charge in [0.1, 0.15) is 12.1 Å². The number of aromatic nitrogens is 3. The predicted octanol–water partition coefficient (Wildman–Crippen LogP) is 0.856. The van der Waals surface area contributed by atoms with Crippen LogP contribution in [0.5, 0.6) is 0 Å². The molecule has 2 aromatic heterocycles. The molecule has 17 heavy (non-hydrogen) atoms. The first-order chi connectivity index (χ1) is 8.28. The summed E-state index contributed by atoms with van der Waals surface area (Å²) in [6.07, 6.45) is 2.62. The molecule has 1 unspecified atom stereocenters. The van der Waals surface area contributed by atoms with Crippen LogP contribution < -0.4 is 4.90 Å². The number of nitrogens with zero attached hydrogens (tertiary/aromatic N) is 4. The fourth-order valence-corrected chi connectivity index (χ4v) is 2.45. The number of hydrogen-bond acceptors (Lipinski definition) is 4. The average molecular weight is 232 g/mol. The molecule has 1 aliphatic rings. The molecule has 0 amide bonds. The van der Waals surface area contributed by atoms with Gasteiger partial charge in [-0.15, -0.1) is 0 Å². The molecule has 0 saturated carbocycles. The average Bonchev–Trinajstić information content (AvgIpc) is 2.95. The molecule has 0 spiro atoms. The van der Waals surface area contributed by atoms with E-state index in [1.54, 1.807) is 6.33 Å². The van der Waals surface area contributed by atoms with Crippen LogP contribution in [0.15, 0.2) is 18.5 Å². The van der Waals surface area contributed by atoms with Gasteiger partial charge < -0.3 is 10.0 Å². The van der Waals surface area contributed by atoms with E-state index in [4.69, 9.17) is 0 Å². The van der Waals surface area contributed by atoms with Crippen molar-refractivity contribution < 1.29 is 5.11 Å². The van der Waals surface area contributed by atoms with E-state index in [0.717, 1.165) is 31.0 Å². The van der Waals surface area contributed by atoms with Crippen LogP contribution >= 0.6 is 0 Å². The van der Waals surface area contributed by atoms with Crippen LogP contribution in [-0.4, -0.2) is 39.4 Å². The zero-order valence-corrected chi connectivity index (χ0v) is 9.87. The van der Waals surface area contributed by atoms with Gasteiger partial charge in [0.05, 0.1) is 0 Å². The number of pyridine rings is 1. The van der Waals surface area contributed by atoms with Crippen LogP contribution in [0.25, 0.3) is 5.65 Å². The number of hydrogen-bond donors (Lipinski definition) is 1. The van der Waals surface area contributed by atoms with Crippen molar-refractivity contribution in [2.24, 2.45) is 5.92 Å². The molecular weight excluding hydrogens is 216 g/mol. The van der Waals surface area contributed by atoms with Crippen molar-refractivity contribution in [1.29, 1.82) is 0 Å². The minimum atomic E-state index is 0.267. The van der Waals surface area contributed by atoms with Crippen LogP contribution in [0.2, 0.25) is 0 Å². The smallest absolute Gasteiger partial charge is 0.157 e. The lowest BCUT2D eigenvalue weighted by atomic mass is 10.1. The first-order valence-corrected chi connectivity index (χ1v) is 5.94. The van der Waals surface area contributed by atoms with Gasteiger partial charge in [-0.2, -0.15) is 9.61 Å². The molecule has 3 rings (SSSR count). The van der Waals surface area contributed by atoms with Crippen molar-refractivity contribution in [1.82, 2.24) is 14.6 Å². The number of anilines is 1. The Balaban J connectivity index is 2.02. The zero-order valence-electron chi connectivity index (χ0n) is 9.87. The van der Waals surface area contributed by atoms with Crippen molar-refractivity contribution >= 4 is 11.5 Å². The third-order valence-corrected chi connectivity index (χ3v) is 3.37. The molecule has 1 N–H and O–H groups in total. The quantitative estimate of drug-likeness (QED) is 0.834. The van der Waals surface area contributed by atoms with Crippen LogP contribution in [0.3, 0.4) is 0 Å². The second-order valence-electron chi connectivity index (χ2n) is 4.70. The highest BCUT2D eigenvalue weighted by atomic mass is 16.3. The van der Waals surface area contributed by atoms with Crippen molar-refractivity contribution in [3.8, 4) is 0 Å². The number of aliphatic hydroxyl groups excluding tert-OH is 1. The number of aliphatic hydroxyl groups is 1. The molecule has 0 aliphatic carbocycles. The van der Waals surface area contributed by atoms with Crippen molar-refractivity contribution in [3.05, 3.63) is 24.0 Å². The number of aryl methyl sites for hydroxylation is 1. The van der Waals surface area contributed by atoms with E-state index in [0.29, 0.717) is 5.92 Å². The maximum Gasteiger partial charge on any atom is 0.157 e. The van der Waals surface area contributed by atoms with E-state index in [9.17, 15) is 5.11 Å². The molecule has 0 radical (unpaired) electrons. The predicted molar refractivity (Wildman–Crippen MR) is 65.1 cm³/mol. The van der Waals surface area contributed by atoms with E-state index in [1.165, 1.54) is 5.56 Å². The van der Waals surface area contributed by atoms with Crippen LogP contribution in [0.4, 0.5) is 5.82 Å². The maximum atomic E-state index is 9.20. The van der Waals surface area contributed by atoms with Crippen molar-refractivity contribution in [2.45, 2.75) is 13.3 Å². The normalized spacial score (nSPS) is 20.4. The molecular formula is C12H16N4O. The summed E-state index contributed by atoms with van der Waals surface area (Å²) in [6.45, 7) is 4.21.